The van der Waals surface area contributed by atoms with Crippen molar-refractivity contribution in [1.29, 1.82) is 0 Å². The molecule has 0 amide bonds. The third kappa shape index (κ3) is 4.02. The van der Waals surface area contributed by atoms with Crippen LogP contribution < -0.4 is 10.3 Å². The van der Waals surface area contributed by atoms with Gasteiger partial charge in [-0.25, -0.2) is 4.98 Å². The van der Waals surface area contributed by atoms with Crippen LogP contribution >= 0.6 is 11.8 Å². The zero-order valence-electron chi connectivity index (χ0n) is 16.3. The molecule has 0 aliphatic heterocycles. The fourth-order valence-electron chi connectivity index (χ4n) is 2.84. The predicted molar refractivity (Wildman–Crippen MR) is 112 cm³/mol. The average molecular weight is 394 g/mol. The topological polar surface area (TPSA) is 61.2 Å². The van der Waals surface area contributed by atoms with E-state index in [0.29, 0.717) is 17.0 Å². The van der Waals surface area contributed by atoms with Crippen molar-refractivity contribution in [3.8, 4) is 11.4 Å². The van der Waals surface area contributed by atoms with Crippen molar-refractivity contribution in [1.82, 2.24) is 9.55 Å². The fraction of sp³-hybridized carbons (Fsp3) is 0.227. The van der Waals surface area contributed by atoms with E-state index in [-0.39, 0.29) is 16.4 Å². The number of hydrogen-bond acceptors (Lipinski definition) is 5. The Kier molecular flexibility index (Phi) is 5.99. The molecule has 0 bridgehead atoms. The standard InChI is InChI=1S/C22H22N2O3S/c1-14-9-10-17(13-15(14)2)20(25)16(3)28-21-22(26)24(12-11-23-21)18-7-5-6-8-19(18)27-4/h5-13,16H,1-4H3/t16-/m1/s1. The number of nitrogens with zero attached hydrogens (tertiary/aromatic N) is 2. The zero-order chi connectivity index (χ0) is 20.3. The SMILES string of the molecule is COc1ccccc1-n1ccnc(S[C@H](C)C(=O)c2ccc(C)c(C)c2)c1=O. The summed E-state index contributed by atoms with van der Waals surface area (Å²) in [5.41, 5.74) is 3.20. The summed E-state index contributed by atoms with van der Waals surface area (Å²) in [6, 6.07) is 12.9. The Morgan fingerprint density at radius 1 is 1.14 bits per heavy atom. The van der Waals surface area contributed by atoms with Crippen molar-refractivity contribution in [3.63, 3.8) is 0 Å². The number of hydrogen-bond donors (Lipinski definition) is 0. The van der Waals surface area contributed by atoms with Gasteiger partial charge >= 0.3 is 0 Å². The second-order valence-electron chi connectivity index (χ2n) is 6.50. The minimum atomic E-state index is -0.434. The maximum Gasteiger partial charge on any atom is 0.287 e. The van der Waals surface area contributed by atoms with Crippen LogP contribution in [0.15, 0.2) is 64.7 Å². The second-order valence-corrected chi connectivity index (χ2v) is 7.83. The van der Waals surface area contributed by atoms with E-state index in [4.69, 9.17) is 4.74 Å². The number of thioether (sulfide) groups is 1. The molecular formula is C22H22N2O3S. The minimum absolute atomic E-state index is 0.0259. The van der Waals surface area contributed by atoms with E-state index in [1.54, 1.807) is 38.6 Å². The van der Waals surface area contributed by atoms with E-state index in [2.05, 4.69) is 4.98 Å². The number of carbonyl (C=O) groups excluding carboxylic acids is 1. The van der Waals surface area contributed by atoms with Gasteiger partial charge < -0.3 is 4.74 Å². The molecule has 1 aromatic heterocycles. The summed E-state index contributed by atoms with van der Waals surface area (Å²) in [7, 11) is 1.56. The van der Waals surface area contributed by atoms with Crippen molar-refractivity contribution in [2.75, 3.05) is 7.11 Å². The molecule has 28 heavy (non-hydrogen) atoms. The number of methoxy groups -OCH3 is 1. The summed E-state index contributed by atoms with van der Waals surface area (Å²) in [6.07, 6.45) is 3.16. The quantitative estimate of drug-likeness (QED) is 0.463. The highest BCUT2D eigenvalue weighted by atomic mass is 32.2. The number of aryl methyl sites for hydroxylation is 2. The number of ketones is 1. The highest BCUT2D eigenvalue weighted by Crippen LogP contribution is 2.24. The smallest absolute Gasteiger partial charge is 0.287 e. The summed E-state index contributed by atoms with van der Waals surface area (Å²) in [6.45, 7) is 5.79. The van der Waals surface area contributed by atoms with Crippen LogP contribution in [0.3, 0.4) is 0 Å². The van der Waals surface area contributed by atoms with Gasteiger partial charge in [-0.15, -0.1) is 0 Å². The van der Waals surface area contributed by atoms with Gasteiger partial charge in [0.05, 0.1) is 18.0 Å². The summed E-state index contributed by atoms with van der Waals surface area (Å²) in [5, 5.41) is -0.158. The molecule has 0 saturated carbocycles. The first-order valence-corrected chi connectivity index (χ1v) is 9.79. The maximum absolute atomic E-state index is 12.9. The van der Waals surface area contributed by atoms with Crippen LogP contribution in [0.1, 0.15) is 28.4 Å². The molecule has 0 aliphatic rings. The lowest BCUT2D eigenvalue weighted by Crippen LogP contribution is -2.23. The highest BCUT2D eigenvalue weighted by Gasteiger charge is 2.20. The van der Waals surface area contributed by atoms with Gasteiger partial charge in [0.1, 0.15) is 5.75 Å². The molecule has 0 unspecified atom stereocenters. The first-order chi connectivity index (χ1) is 13.4. The van der Waals surface area contributed by atoms with Gasteiger partial charge in [-0.2, -0.15) is 0 Å². The molecule has 2 aromatic carbocycles. The molecule has 3 rings (SSSR count). The van der Waals surface area contributed by atoms with Gasteiger partial charge in [0, 0.05) is 18.0 Å². The largest absolute Gasteiger partial charge is 0.495 e. The Hall–Kier alpha value is -2.86. The van der Waals surface area contributed by atoms with E-state index < -0.39 is 5.25 Å². The number of carbonyl (C=O) groups is 1. The monoisotopic (exact) mass is 394 g/mol. The first-order valence-electron chi connectivity index (χ1n) is 8.91. The molecule has 0 N–H and O–H groups in total. The van der Waals surface area contributed by atoms with E-state index in [0.717, 1.165) is 11.1 Å². The van der Waals surface area contributed by atoms with Crippen LogP contribution in [-0.2, 0) is 0 Å². The lowest BCUT2D eigenvalue weighted by atomic mass is 10.0. The number of Topliss-reactive ketones (excluding diaryl/α,β-unsaturated/α-hetero) is 1. The van der Waals surface area contributed by atoms with Crippen LogP contribution in [0, 0.1) is 13.8 Å². The molecule has 3 aromatic rings. The van der Waals surface area contributed by atoms with Crippen LogP contribution in [-0.4, -0.2) is 27.7 Å². The summed E-state index contributed by atoms with van der Waals surface area (Å²) >= 11 is 1.17. The molecule has 0 aliphatic carbocycles. The van der Waals surface area contributed by atoms with E-state index >= 15 is 0 Å². The lowest BCUT2D eigenvalue weighted by molar-refractivity contribution is 0.0994. The normalized spacial score (nSPS) is 11.9. The van der Waals surface area contributed by atoms with E-state index in [1.165, 1.54) is 16.3 Å². The molecule has 0 radical (unpaired) electrons. The van der Waals surface area contributed by atoms with Crippen LogP contribution in [0.5, 0.6) is 5.75 Å². The molecule has 144 valence electrons. The second kappa shape index (κ2) is 8.44. The molecule has 0 spiro atoms. The molecule has 5 nitrogen and oxygen atoms in total. The van der Waals surface area contributed by atoms with Crippen molar-refractivity contribution < 1.29 is 9.53 Å². The molecule has 1 atom stereocenters. The Bertz CT molecular complexity index is 1080. The first kappa shape index (κ1) is 19.9. The summed E-state index contributed by atoms with van der Waals surface area (Å²) < 4.78 is 6.84. The Balaban J connectivity index is 1.89. The highest BCUT2D eigenvalue weighted by molar-refractivity contribution is 8.00. The van der Waals surface area contributed by atoms with Crippen LogP contribution in [0.25, 0.3) is 5.69 Å². The third-order valence-corrected chi connectivity index (χ3v) is 5.67. The zero-order valence-corrected chi connectivity index (χ0v) is 17.1. The van der Waals surface area contributed by atoms with E-state index in [9.17, 15) is 9.59 Å². The Labute approximate surface area is 168 Å². The van der Waals surface area contributed by atoms with E-state index in [1.807, 2.05) is 44.2 Å². The van der Waals surface area contributed by atoms with Crippen molar-refractivity contribution >= 4 is 17.5 Å². The fourth-order valence-corrected chi connectivity index (χ4v) is 3.74. The molecular weight excluding hydrogens is 372 g/mol. The van der Waals surface area contributed by atoms with Gasteiger partial charge in [-0.05, 0) is 50.1 Å². The molecule has 1 heterocycles. The lowest BCUT2D eigenvalue weighted by Gasteiger charge is -2.13. The number of ether oxygens (including phenoxy) is 1. The van der Waals surface area contributed by atoms with Gasteiger partial charge in [0.15, 0.2) is 10.8 Å². The number of rotatable bonds is 6. The van der Waals surface area contributed by atoms with Gasteiger partial charge in [-0.3, -0.25) is 14.2 Å². The van der Waals surface area contributed by atoms with Gasteiger partial charge in [0.2, 0.25) is 0 Å². The summed E-state index contributed by atoms with van der Waals surface area (Å²) in [5.74, 6) is 0.563. The van der Waals surface area contributed by atoms with Crippen molar-refractivity contribution in [2.45, 2.75) is 31.0 Å². The predicted octanol–water partition coefficient (Wildman–Crippen LogP) is 4.22. The van der Waals surface area contributed by atoms with Gasteiger partial charge in [-0.1, -0.05) is 36.0 Å². The number of benzene rings is 2. The number of para-hydroxylation sites is 2. The van der Waals surface area contributed by atoms with Crippen LogP contribution in [0.2, 0.25) is 0 Å². The average Bonchev–Trinajstić information content (AvgIpc) is 2.71. The Morgan fingerprint density at radius 2 is 1.89 bits per heavy atom. The van der Waals surface area contributed by atoms with Crippen molar-refractivity contribution in [2.24, 2.45) is 0 Å². The summed E-state index contributed by atoms with van der Waals surface area (Å²) in [4.78, 5) is 29.9. The minimum Gasteiger partial charge on any atom is -0.495 e. The maximum atomic E-state index is 12.9. The van der Waals surface area contributed by atoms with Crippen LogP contribution in [0.4, 0.5) is 0 Å². The van der Waals surface area contributed by atoms with Gasteiger partial charge in [0.25, 0.3) is 5.56 Å². The Morgan fingerprint density at radius 3 is 2.61 bits per heavy atom. The third-order valence-electron chi connectivity index (χ3n) is 4.60. The molecule has 6 heteroatoms. The molecule has 0 saturated heterocycles. The van der Waals surface area contributed by atoms with Crippen molar-refractivity contribution in [3.05, 3.63) is 81.9 Å². The molecule has 0 fully saturated rings. The number of aromatic nitrogens is 2.